The maximum atomic E-state index is 4.62. The van der Waals surface area contributed by atoms with Crippen LogP contribution >= 0.6 is 51.0 Å². The van der Waals surface area contributed by atoms with E-state index in [9.17, 15) is 0 Å². The molecule has 0 N–H and O–H groups in total. The Bertz CT molecular complexity index is 433. The van der Waals surface area contributed by atoms with Gasteiger partial charge in [-0.1, -0.05) is 63.7 Å². The van der Waals surface area contributed by atoms with Gasteiger partial charge in [0.05, 0.1) is 0 Å². The molecule has 0 aliphatic rings. The monoisotopic (exact) mass is 442 g/mol. The highest BCUT2D eigenvalue weighted by Crippen LogP contribution is 2.66. The molecule has 150 valence electrons. The van der Waals surface area contributed by atoms with Crippen LogP contribution in [0, 0.1) is 0 Å². The van der Waals surface area contributed by atoms with Crippen molar-refractivity contribution in [3.8, 4) is 0 Å². The smallest absolute Gasteiger partial charge is 0.143 e. The predicted octanol–water partition coefficient (Wildman–Crippen LogP) is 7.84. The Kier molecular flexibility index (Phi) is 11.9. The van der Waals surface area contributed by atoms with Crippen LogP contribution < -0.4 is 0 Å². The lowest BCUT2D eigenvalue weighted by Crippen LogP contribution is -1.93. The number of nitrogens with zero attached hydrogens (tertiary/aromatic N) is 2. The summed E-state index contributed by atoms with van der Waals surface area (Å²) in [6, 6.07) is 0. The maximum absolute atomic E-state index is 4.62. The standard InChI is InChI=1S/C18H38N2S5/c1-7-9-11-13-15-21-24(3,4)17-19-20-18(23-17)25(5,6)22-16-14-12-10-8-2/h7-16H2,1-6H3. The van der Waals surface area contributed by atoms with Crippen LogP contribution in [-0.4, -0.2) is 46.7 Å². The summed E-state index contributed by atoms with van der Waals surface area (Å²) in [5, 5.41) is 9.24. The van der Waals surface area contributed by atoms with Crippen molar-refractivity contribution < 1.29 is 0 Å². The molecular formula is C18H38N2S5. The van der Waals surface area contributed by atoms with Crippen LogP contribution in [0.2, 0.25) is 0 Å². The van der Waals surface area contributed by atoms with Gasteiger partial charge < -0.3 is 0 Å². The first-order chi connectivity index (χ1) is 11.8. The molecule has 0 fully saturated rings. The van der Waals surface area contributed by atoms with E-state index >= 15 is 0 Å². The highest BCUT2D eigenvalue weighted by Gasteiger charge is 2.26. The van der Waals surface area contributed by atoms with E-state index in [0.29, 0.717) is 0 Å². The zero-order chi connectivity index (χ0) is 18.8. The predicted molar refractivity (Wildman–Crippen MR) is 129 cm³/mol. The van der Waals surface area contributed by atoms with E-state index in [4.69, 9.17) is 0 Å². The Labute approximate surface area is 170 Å². The fourth-order valence-electron chi connectivity index (χ4n) is 2.29. The molecule has 1 aromatic heterocycles. The molecule has 0 bridgehead atoms. The molecule has 0 aliphatic carbocycles. The van der Waals surface area contributed by atoms with Crippen LogP contribution in [0.1, 0.15) is 65.2 Å². The van der Waals surface area contributed by atoms with Crippen LogP contribution in [-0.2, 0) is 0 Å². The summed E-state index contributed by atoms with van der Waals surface area (Å²) in [4.78, 5) is 0. The summed E-state index contributed by atoms with van der Waals surface area (Å²) in [5.74, 6) is 2.53. The minimum atomic E-state index is -0.854. The number of aromatic nitrogens is 2. The van der Waals surface area contributed by atoms with Crippen molar-refractivity contribution in [2.45, 2.75) is 73.9 Å². The molecular weight excluding hydrogens is 405 g/mol. The molecule has 1 heterocycles. The third kappa shape index (κ3) is 9.13. The Morgan fingerprint density at radius 2 is 1.08 bits per heavy atom. The minimum absolute atomic E-state index is 0.854. The van der Waals surface area contributed by atoms with E-state index < -0.39 is 18.1 Å². The summed E-state index contributed by atoms with van der Waals surface area (Å²) in [6.45, 7) is 4.55. The van der Waals surface area contributed by atoms with Crippen LogP contribution in [0.3, 0.4) is 0 Å². The van der Waals surface area contributed by atoms with Gasteiger partial charge in [-0.05, 0) is 37.9 Å². The maximum Gasteiger partial charge on any atom is 0.166 e. The zero-order valence-electron chi connectivity index (χ0n) is 17.0. The van der Waals surface area contributed by atoms with Crippen molar-refractivity contribution in [3.05, 3.63) is 0 Å². The fraction of sp³-hybridized carbons (Fsp3) is 0.889. The zero-order valence-corrected chi connectivity index (χ0v) is 21.1. The second-order valence-corrected chi connectivity index (χ2v) is 22.0. The Balaban J connectivity index is 2.51. The van der Waals surface area contributed by atoms with E-state index in [1.807, 2.05) is 11.3 Å². The minimum Gasteiger partial charge on any atom is -0.143 e. The summed E-state index contributed by atoms with van der Waals surface area (Å²) in [7, 11) is 2.55. The van der Waals surface area contributed by atoms with Gasteiger partial charge >= 0.3 is 0 Å². The van der Waals surface area contributed by atoms with Gasteiger partial charge in [0.15, 0.2) is 8.68 Å². The molecule has 0 radical (unpaired) electrons. The highest BCUT2D eigenvalue weighted by atomic mass is 33.2. The molecule has 0 spiro atoms. The lowest BCUT2D eigenvalue weighted by Gasteiger charge is -2.28. The van der Waals surface area contributed by atoms with Gasteiger partial charge in [-0.25, -0.2) is 0 Å². The molecule has 7 heteroatoms. The van der Waals surface area contributed by atoms with Crippen molar-refractivity contribution in [1.29, 1.82) is 0 Å². The molecule has 0 amide bonds. The van der Waals surface area contributed by atoms with Crippen molar-refractivity contribution in [2.75, 3.05) is 36.5 Å². The molecule has 0 saturated heterocycles. The van der Waals surface area contributed by atoms with Crippen LogP contribution in [0.4, 0.5) is 0 Å². The first kappa shape index (κ1) is 24.0. The first-order valence-corrected chi connectivity index (χ1v) is 18.1. The van der Waals surface area contributed by atoms with E-state index in [1.165, 1.54) is 71.6 Å². The van der Waals surface area contributed by atoms with E-state index in [1.54, 1.807) is 0 Å². The molecule has 2 nitrogen and oxygen atoms in total. The van der Waals surface area contributed by atoms with Crippen molar-refractivity contribution >= 4 is 51.0 Å². The average Bonchev–Trinajstić information content (AvgIpc) is 3.06. The van der Waals surface area contributed by atoms with Gasteiger partial charge in [-0.15, -0.1) is 49.9 Å². The summed E-state index contributed by atoms with van der Waals surface area (Å²) in [6.07, 6.45) is 20.3. The molecule has 0 unspecified atom stereocenters. The molecule has 0 aromatic carbocycles. The third-order valence-electron chi connectivity index (χ3n) is 3.98. The second kappa shape index (κ2) is 12.4. The molecule has 0 saturated carbocycles. The summed E-state index contributed by atoms with van der Waals surface area (Å²) in [5.41, 5.74) is 0. The molecule has 0 atom stereocenters. The van der Waals surface area contributed by atoms with Gasteiger partial charge in [0, 0.05) is 11.5 Å². The van der Waals surface area contributed by atoms with E-state index in [0.717, 1.165) is 0 Å². The van der Waals surface area contributed by atoms with Crippen molar-refractivity contribution in [2.24, 2.45) is 0 Å². The fourth-order valence-corrected chi connectivity index (χ4v) is 12.5. The van der Waals surface area contributed by atoms with Gasteiger partial charge in [0.1, 0.15) is 0 Å². The van der Waals surface area contributed by atoms with Crippen molar-refractivity contribution in [1.82, 2.24) is 10.2 Å². The second-order valence-electron chi connectivity index (χ2n) is 7.07. The lowest BCUT2D eigenvalue weighted by molar-refractivity contribution is 0.707. The number of hydrogen-bond acceptors (Lipinski definition) is 5. The Morgan fingerprint density at radius 3 is 1.44 bits per heavy atom. The SMILES string of the molecule is CCCCCCSS(C)(C)c1nnc(S(C)(C)SCCCCCC)s1. The van der Waals surface area contributed by atoms with Crippen LogP contribution in [0.5, 0.6) is 0 Å². The Hall–Kier alpha value is 0.960. The molecule has 1 rings (SSSR count). The van der Waals surface area contributed by atoms with Gasteiger partial charge in [0.25, 0.3) is 0 Å². The van der Waals surface area contributed by atoms with Gasteiger partial charge in [0.2, 0.25) is 0 Å². The molecule has 1 aromatic rings. The third-order valence-corrected chi connectivity index (χ3v) is 17.5. The normalized spacial score (nSPS) is 14.0. The van der Waals surface area contributed by atoms with Gasteiger partial charge in [-0.3, -0.25) is 0 Å². The quantitative estimate of drug-likeness (QED) is 0.216. The van der Waals surface area contributed by atoms with Crippen LogP contribution in [0.15, 0.2) is 8.68 Å². The number of rotatable bonds is 14. The topological polar surface area (TPSA) is 25.8 Å². The lowest BCUT2D eigenvalue weighted by atomic mass is 10.2. The largest absolute Gasteiger partial charge is 0.166 e. The highest BCUT2D eigenvalue weighted by molar-refractivity contribution is 8.94. The first-order valence-electron chi connectivity index (χ1n) is 9.42. The van der Waals surface area contributed by atoms with E-state index in [-0.39, 0.29) is 0 Å². The summed E-state index contributed by atoms with van der Waals surface area (Å²) < 4.78 is 2.57. The molecule has 0 aliphatic heterocycles. The van der Waals surface area contributed by atoms with E-state index in [2.05, 4.69) is 70.7 Å². The molecule has 25 heavy (non-hydrogen) atoms. The summed E-state index contributed by atoms with van der Waals surface area (Å²) >= 11 is 1.89. The number of unbranched alkanes of at least 4 members (excludes halogenated alkanes) is 6. The number of hydrogen-bond donors (Lipinski definition) is 0. The average molecular weight is 443 g/mol. The van der Waals surface area contributed by atoms with Crippen LogP contribution in [0.25, 0.3) is 0 Å². The Morgan fingerprint density at radius 1 is 0.680 bits per heavy atom. The van der Waals surface area contributed by atoms with Gasteiger partial charge in [-0.2, -0.15) is 0 Å². The van der Waals surface area contributed by atoms with Crippen molar-refractivity contribution in [3.63, 3.8) is 0 Å².